The van der Waals surface area contributed by atoms with Gasteiger partial charge in [0.2, 0.25) is 12.7 Å². The SMILES string of the molecule is O=C1Cc2cc(N3CCN(C(=O)c4ccc5c(c4)OCO5)CC3)ccc2N1. The van der Waals surface area contributed by atoms with Crippen molar-refractivity contribution >= 4 is 23.2 Å². The molecule has 1 saturated heterocycles. The third-order valence-corrected chi connectivity index (χ3v) is 5.27. The van der Waals surface area contributed by atoms with Crippen molar-refractivity contribution in [1.82, 2.24) is 4.90 Å². The van der Waals surface area contributed by atoms with Crippen molar-refractivity contribution in [3.8, 4) is 11.5 Å². The van der Waals surface area contributed by atoms with E-state index in [-0.39, 0.29) is 18.6 Å². The fraction of sp³-hybridized carbons (Fsp3) is 0.300. The Balaban J connectivity index is 1.26. The summed E-state index contributed by atoms with van der Waals surface area (Å²) in [5.41, 5.74) is 3.66. The summed E-state index contributed by atoms with van der Waals surface area (Å²) in [7, 11) is 0. The van der Waals surface area contributed by atoms with Crippen molar-refractivity contribution in [2.75, 3.05) is 43.2 Å². The number of amides is 2. The van der Waals surface area contributed by atoms with Crippen molar-refractivity contribution in [2.45, 2.75) is 6.42 Å². The van der Waals surface area contributed by atoms with E-state index in [0.29, 0.717) is 36.6 Å². The number of benzene rings is 2. The largest absolute Gasteiger partial charge is 0.454 e. The summed E-state index contributed by atoms with van der Waals surface area (Å²) in [4.78, 5) is 28.4. The lowest BCUT2D eigenvalue weighted by Crippen LogP contribution is -2.48. The van der Waals surface area contributed by atoms with Crippen LogP contribution in [0, 0.1) is 0 Å². The highest BCUT2D eigenvalue weighted by molar-refractivity contribution is 5.99. The van der Waals surface area contributed by atoms with Gasteiger partial charge in [-0.2, -0.15) is 0 Å². The van der Waals surface area contributed by atoms with Gasteiger partial charge in [0.25, 0.3) is 5.91 Å². The van der Waals surface area contributed by atoms with Gasteiger partial charge >= 0.3 is 0 Å². The average molecular weight is 365 g/mol. The maximum absolute atomic E-state index is 12.8. The van der Waals surface area contributed by atoms with Crippen LogP contribution in [0.5, 0.6) is 11.5 Å². The molecule has 1 fully saturated rings. The number of hydrogen-bond donors (Lipinski definition) is 1. The Kier molecular flexibility index (Phi) is 3.67. The van der Waals surface area contributed by atoms with Gasteiger partial charge in [-0.05, 0) is 42.0 Å². The number of fused-ring (bicyclic) bond motifs is 2. The predicted molar refractivity (Wildman–Crippen MR) is 99.5 cm³/mol. The molecule has 0 aromatic heterocycles. The molecule has 2 aromatic carbocycles. The first-order valence-corrected chi connectivity index (χ1v) is 9.04. The second-order valence-electron chi connectivity index (χ2n) is 6.91. The monoisotopic (exact) mass is 365 g/mol. The van der Waals surface area contributed by atoms with E-state index in [2.05, 4.69) is 16.3 Å². The fourth-order valence-electron chi connectivity index (χ4n) is 3.79. The zero-order chi connectivity index (χ0) is 18.4. The van der Waals surface area contributed by atoms with Crippen LogP contribution in [0.25, 0.3) is 0 Å². The smallest absolute Gasteiger partial charge is 0.254 e. The standard InChI is InChI=1S/C20H19N3O4/c24-19-11-14-9-15(2-3-16(14)21-19)22-5-7-23(8-6-22)20(25)13-1-4-17-18(10-13)27-12-26-17/h1-4,9-10H,5-8,11-12H2,(H,21,24). The van der Waals surface area contributed by atoms with Crippen molar-refractivity contribution in [3.05, 3.63) is 47.5 Å². The molecule has 0 unspecified atom stereocenters. The van der Waals surface area contributed by atoms with E-state index in [1.54, 1.807) is 18.2 Å². The van der Waals surface area contributed by atoms with Crippen molar-refractivity contribution in [3.63, 3.8) is 0 Å². The molecule has 7 nitrogen and oxygen atoms in total. The van der Waals surface area contributed by atoms with Crippen LogP contribution in [0.2, 0.25) is 0 Å². The third-order valence-electron chi connectivity index (χ3n) is 5.27. The summed E-state index contributed by atoms with van der Waals surface area (Å²) < 4.78 is 10.7. The highest BCUT2D eigenvalue weighted by Gasteiger charge is 2.25. The van der Waals surface area contributed by atoms with Crippen molar-refractivity contribution < 1.29 is 19.1 Å². The van der Waals surface area contributed by atoms with Gasteiger partial charge in [0.1, 0.15) is 0 Å². The van der Waals surface area contributed by atoms with E-state index in [9.17, 15) is 9.59 Å². The highest BCUT2D eigenvalue weighted by atomic mass is 16.7. The molecule has 0 aliphatic carbocycles. The van der Waals surface area contributed by atoms with Gasteiger partial charge in [-0.15, -0.1) is 0 Å². The van der Waals surface area contributed by atoms with Crippen LogP contribution in [-0.2, 0) is 11.2 Å². The molecule has 2 amide bonds. The molecule has 0 bridgehead atoms. The van der Waals surface area contributed by atoms with Gasteiger partial charge < -0.3 is 24.6 Å². The van der Waals surface area contributed by atoms with Crippen LogP contribution in [-0.4, -0.2) is 49.7 Å². The zero-order valence-electron chi connectivity index (χ0n) is 14.7. The number of nitrogens with zero attached hydrogens (tertiary/aromatic N) is 2. The van der Waals surface area contributed by atoms with Crippen LogP contribution in [0.4, 0.5) is 11.4 Å². The normalized spacial score (nSPS) is 17.7. The number of anilines is 2. The molecule has 7 heteroatoms. The van der Waals surface area contributed by atoms with Crippen molar-refractivity contribution in [2.24, 2.45) is 0 Å². The lowest BCUT2D eigenvalue weighted by molar-refractivity contribution is -0.115. The lowest BCUT2D eigenvalue weighted by Gasteiger charge is -2.36. The summed E-state index contributed by atoms with van der Waals surface area (Å²) in [5, 5.41) is 2.86. The zero-order valence-corrected chi connectivity index (χ0v) is 14.7. The molecule has 3 aliphatic rings. The molecule has 1 N–H and O–H groups in total. The first kappa shape index (κ1) is 16.0. The first-order chi connectivity index (χ1) is 13.2. The summed E-state index contributed by atoms with van der Waals surface area (Å²) in [5.74, 6) is 1.36. The Hall–Kier alpha value is -3.22. The Bertz CT molecular complexity index is 935. The number of piperazine rings is 1. The Morgan fingerprint density at radius 1 is 0.963 bits per heavy atom. The third kappa shape index (κ3) is 2.85. The van der Waals surface area contributed by atoms with Crippen LogP contribution < -0.4 is 19.7 Å². The summed E-state index contributed by atoms with van der Waals surface area (Å²) in [6.45, 7) is 3.03. The minimum Gasteiger partial charge on any atom is -0.454 e. The van der Waals surface area contributed by atoms with Gasteiger partial charge in [0.15, 0.2) is 11.5 Å². The number of nitrogens with one attached hydrogen (secondary N) is 1. The molecule has 27 heavy (non-hydrogen) atoms. The number of rotatable bonds is 2. The van der Waals surface area contributed by atoms with Gasteiger partial charge in [-0.3, -0.25) is 9.59 Å². The predicted octanol–water partition coefficient (Wildman–Crippen LogP) is 1.87. The molecule has 0 atom stereocenters. The average Bonchev–Trinajstić information content (AvgIpc) is 3.31. The minimum atomic E-state index is 0.0108. The van der Waals surface area contributed by atoms with Gasteiger partial charge in [0, 0.05) is 43.1 Å². The number of ether oxygens (including phenoxy) is 2. The van der Waals surface area contributed by atoms with Gasteiger partial charge in [-0.25, -0.2) is 0 Å². The van der Waals surface area contributed by atoms with Crippen LogP contribution in [0.1, 0.15) is 15.9 Å². The number of carbonyl (C=O) groups is 2. The Morgan fingerprint density at radius 2 is 1.78 bits per heavy atom. The molecule has 3 heterocycles. The molecule has 3 aliphatic heterocycles. The van der Waals surface area contributed by atoms with E-state index in [1.165, 1.54) is 0 Å². The van der Waals surface area contributed by atoms with Crippen molar-refractivity contribution in [1.29, 1.82) is 0 Å². The van der Waals surface area contributed by atoms with E-state index in [1.807, 2.05) is 17.0 Å². The molecule has 138 valence electrons. The van der Waals surface area contributed by atoms with Crippen LogP contribution >= 0.6 is 0 Å². The number of carbonyl (C=O) groups excluding carboxylic acids is 2. The maximum atomic E-state index is 12.8. The quantitative estimate of drug-likeness (QED) is 0.880. The van der Waals surface area contributed by atoms with E-state index in [0.717, 1.165) is 30.0 Å². The number of hydrogen-bond acceptors (Lipinski definition) is 5. The Morgan fingerprint density at radius 3 is 2.63 bits per heavy atom. The fourth-order valence-corrected chi connectivity index (χ4v) is 3.79. The van der Waals surface area contributed by atoms with E-state index >= 15 is 0 Å². The highest BCUT2D eigenvalue weighted by Crippen LogP contribution is 2.33. The molecular weight excluding hydrogens is 346 g/mol. The minimum absolute atomic E-state index is 0.0108. The van der Waals surface area contributed by atoms with Gasteiger partial charge in [-0.1, -0.05) is 0 Å². The van der Waals surface area contributed by atoms with E-state index < -0.39 is 0 Å². The second-order valence-corrected chi connectivity index (χ2v) is 6.91. The first-order valence-electron chi connectivity index (χ1n) is 9.04. The second kappa shape index (κ2) is 6.19. The Labute approximate surface area is 156 Å². The van der Waals surface area contributed by atoms with E-state index in [4.69, 9.17) is 9.47 Å². The molecular formula is C20H19N3O4. The maximum Gasteiger partial charge on any atom is 0.254 e. The molecule has 2 aromatic rings. The molecule has 0 saturated carbocycles. The van der Waals surface area contributed by atoms with Crippen LogP contribution in [0.3, 0.4) is 0 Å². The molecule has 0 spiro atoms. The summed E-state index contributed by atoms with van der Waals surface area (Å²) >= 11 is 0. The summed E-state index contributed by atoms with van der Waals surface area (Å²) in [6, 6.07) is 11.4. The van der Waals surface area contributed by atoms with Crippen LogP contribution in [0.15, 0.2) is 36.4 Å². The molecule has 0 radical (unpaired) electrons. The summed E-state index contributed by atoms with van der Waals surface area (Å²) in [6.07, 6.45) is 0.436. The molecule has 5 rings (SSSR count). The topological polar surface area (TPSA) is 71.1 Å². The van der Waals surface area contributed by atoms with Gasteiger partial charge in [0.05, 0.1) is 6.42 Å². The lowest BCUT2D eigenvalue weighted by atomic mass is 10.1.